The van der Waals surface area contributed by atoms with Gasteiger partial charge in [0, 0.05) is 17.8 Å². The van der Waals surface area contributed by atoms with Crippen LogP contribution in [0, 0.1) is 5.82 Å². The van der Waals surface area contributed by atoms with Crippen LogP contribution < -0.4 is 15.0 Å². The highest BCUT2D eigenvalue weighted by Crippen LogP contribution is 2.22. The van der Waals surface area contributed by atoms with Gasteiger partial charge in [-0.05, 0) is 44.5 Å². The van der Waals surface area contributed by atoms with Crippen molar-refractivity contribution in [2.45, 2.75) is 39.5 Å². The molecule has 2 heterocycles. The van der Waals surface area contributed by atoms with Crippen LogP contribution in [-0.2, 0) is 18.8 Å². The number of halogens is 2. The number of benzene rings is 1. The summed E-state index contributed by atoms with van der Waals surface area (Å²) in [7, 11) is 0. The molecule has 0 fully saturated rings. The van der Waals surface area contributed by atoms with Gasteiger partial charge in [-0.25, -0.2) is 14.1 Å². The van der Waals surface area contributed by atoms with Crippen molar-refractivity contribution in [2.75, 3.05) is 0 Å². The SMILES string of the molecule is CC(C)(C)n1ncc(OCc2ccc(OCc3ccc(F)cc3)nc2)c(Cl)c1=O. The van der Waals surface area contributed by atoms with Crippen molar-refractivity contribution in [2.24, 2.45) is 0 Å². The molecule has 0 spiro atoms. The van der Waals surface area contributed by atoms with Gasteiger partial charge in [-0.1, -0.05) is 23.7 Å². The lowest BCUT2D eigenvalue weighted by atomic mass is 10.1. The second-order valence-electron chi connectivity index (χ2n) is 7.42. The average Bonchev–Trinajstić information content (AvgIpc) is 2.68. The molecular weight excluding hydrogens is 397 g/mol. The third-order valence-electron chi connectivity index (χ3n) is 4.01. The zero-order valence-electron chi connectivity index (χ0n) is 16.4. The van der Waals surface area contributed by atoms with Gasteiger partial charge in [0.15, 0.2) is 10.8 Å². The Kier molecular flexibility index (Phi) is 6.17. The van der Waals surface area contributed by atoms with Crippen LogP contribution in [0.25, 0.3) is 0 Å². The van der Waals surface area contributed by atoms with Gasteiger partial charge in [0.1, 0.15) is 19.0 Å². The maximum atomic E-state index is 12.9. The largest absolute Gasteiger partial charge is 0.485 e. The molecule has 0 aliphatic rings. The first-order valence-corrected chi connectivity index (χ1v) is 9.35. The van der Waals surface area contributed by atoms with E-state index in [4.69, 9.17) is 21.1 Å². The van der Waals surface area contributed by atoms with Crippen molar-refractivity contribution < 1.29 is 13.9 Å². The standard InChI is InChI=1S/C21H21ClFN3O3/c1-21(2,3)26-20(27)19(22)17(11-25-26)28-13-15-6-9-18(24-10-15)29-12-14-4-7-16(23)8-5-14/h4-11H,12-13H2,1-3H3. The van der Waals surface area contributed by atoms with Crippen molar-refractivity contribution >= 4 is 11.6 Å². The average molecular weight is 418 g/mol. The molecule has 0 N–H and O–H groups in total. The Morgan fingerprint density at radius 3 is 2.28 bits per heavy atom. The van der Waals surface area contributed by atoms with Gasteiger partial charge in [0.05, 0.1) is 11.7 Å². The van der Waals surface area contributed by atoms with Crippen molar-refractivity contribution in [3.8, 4) is 11.6 Å². The number of hydrogen-bond acceptors (Lipinski definition) is 5. The fraction of sp³-hybridized carbons (Fsp3) is 0.286. The Labute approximate surface area is 172 Å². The summed E-state index contributed by atoms with van der Waals surface area (Å²) in [5.74, 6) is 0.363. The van der Waals surface area contributed by atoms with E-state index >= 15 is 0 Å². The van der Waals surface area contributed by atoms with E-state index in [1.165, 1.54) is 23.0 Å². The monoisotopic (exact) mass is 417 g/mol. The van der Waals surface area contributed by atoms with Crippen LogP contribution >= 0.6 is 11.6 Å². The van der Waals surface area contributed by atoms with Crippen LogP contribution in [0.2, 0.25) is 5.02 Å². The second-order valence-corrected chi connectivity index (χ2v) is 7.80. The molecule has 8 heteroatoms. The van der Waals surface area contributed by atoms with E-state index in [1.807, 2.05) is 20.8 Å². The minimum absolute atomic E-state index is 0.0119. The van der Waals surface area contributed by atoms with Crippen LogP contribution in [-0.4, -0.2) is 14.8 Å². The second kappa shape index (κ2) is 8.61. The van der Waals surface area contributed by atoms with Gasteiger partial charge < -0.3 is 9.47 Å². The molecule has 0 amide bonds. The predicted molar refractivity (Wildman–Crippen MR) is 108 cm³/mol. The number of nitrogens with zero attached hydrogens (tertiary/aromatic N) is 3. The van der Waals surface area contributed by atoms with Gasteiger partial charge in [0.25, 0.3) is 5.56 Å². The summed E-state index contributed by atoms with van der Waals surface area (Å²) in [6.45, 7) is 6.05. The minimum atomic E-state index is -0.479. The van der Waals surface area contributed by atoms with Gasteiger partial charge in [0.2, 0.25) is 5.88 Å². The molecular formula is C21H21ClFN3O3. The van der Waals surface area contributed by atoms with Gasteiger partial charge >= 0.3 is 0 Å². The van der Waals surface area contributed by atoms with E-state index in [2.05, 4.69) is 10.1 Å². The Balaban J connectivity index is 1.60. The molecule has 0 aliphatic carbocycles. The highest BCUT2D eigenvalue weighted by Gasteiger charge is 2.20. The number of pyridine rings is 1. The van der Waals surface area contributed by atoms with Crippen LogP contribution in [0.15, 0.2) is 53.6 Å². The first-order valence-electron chi connectivity index (χ1n) is 8.97. The zero-order valence-corrected chi connectivity index (χ0v) is 17.1. The topological polar surface area (TPSA) is 66.2 Å². The Hall–Kier alpha value is -2.93. The molecule has 0 radical (unpaired) electrons. The van der Waals surface area contributed by atoms with Crippen LogP contribution in [0.5, 0.6) is 11.6 Å². The fourth-order valence-corrected chi connectivity index (χ4v) is 2.66. The normalized spacial score (nSPS) is 11.3. The summed E-state index contributed by atoms with van der Waals surface area (Å²) in [6.07, 6.45) is 3.04. The highest BCUT2D eigenvalue weighted by molar-refractivity contribution is 6.31. The molecule has 0 atom stereocenters. The summed E-state index contributed by atoms with van der Waals surface area (Å²) in [4.78, 5) is 16.6. The first-order chi connectivity index (χ1) is 13.7. The van der Waals surface area contributed by atoms with Gasteiger partial charge in [-0.3, -0.25) is 4.79 Å². The Morgan fingerprint density at radius 2 is 1.66 bits per heavy atom. The lowest BCUT2D eigenvalue weighted by Gasteiger charge is -2.21. The molecule has 0 aliphatic heterocycles. The minimum Gasteiger partial charge on any atom is -0.485 e. The van der Waals surface area contributed by atoms with E-state index in [1.54, 1.807) is 30.5 Å². The molecule has 0 unspecified atom stereocenters. The molecule has 0 bridgehead atoms. The molecule has 6 nitrogen and oxygen atoms in total. The Bertz CT molecular complexity index is 1030. The van der Waals surface area contributed by atoms with Crippen LogP contribution in [0.3, 0.4) is 0 Å². The summed E-state index contributed by atoms with van der Waals surface area (Å²) >= 11 is 6.15. The molecule has 1 aromatic carbocycles. The smallest absolute Gasteiger partial charge is 0.289 e. The fourth-order valence-electron chi connectivity index (χ4n) is 2.48. The van der Waals surface area contributed by atoms with Crippen molar-refractivity contribution in [3.63, 3.8) is 0 Å². The summed E-state index contributed by atoms with van der Waals surface area (Å²) in [5.41, 5.74) is 0.731. The number of rotatable bonds is 6. The van der Waals surface area contributed by atoms with Gasteiger partial charge in [-0.2, -0.15) is 5.10 Å². The van der Waals surface area contributed by atoms with E-state index in [0.29, 0.717) is 5.88 Å². The lowest BCUT2D eigenvalue weighted by Crippen LogP contribution is -2.36. The van der Waals surface area contributed by atoms with Crippen molar-refractivity contribution in [3.05, 3.63) is 81.1 Å². The molecule has 0 saturated heterocycles. The quantitative estimate of drug-likeness (QED) is 0.596. The molecule has 2 aromatic heterocycles. The van der Waals surface area contributed by atoms with Crippen molar-refractivity contribution in [1.29, 1.82) is 0 Å². The maximum absolute atomic E-state index is 12.9. The van der Waals surface area contributed by atoms with Crippen LogP contribution in [0.1, 0.15) is 31.9 Å². The van der Waals surface area contributed by atoms with E-state index in [0.717, 1.165) is 11.1 Å². The van der Waals surface area contributed by atoms with E-state index in [9.17, 15) is 9.18 Å². The Morgan fingerprint density at radius 1 is 1.00 bits per heavy atom. The highest BCUT2D eigenvalue weighted by atomic mass is 35.5. The first kappa shape index (κ1) is 20.8. The molecule has 0 saturated carbocycles. The molecule has 29 heavy (non-hydrogen) atoms. The van der Waals surface area contributed by atoms with Crippen LogP contribution in [0.4, 0.5) is 4.39 Å². The van der Waals surface area contributed by atoms with E-state index < -0.39 is 11.1 Å². The summed E-state index contributed by atoms with van der Waals surface area (Å²) in [5, 5.41) is 4.12. The maximum Gasteiger partial charge on any atom is 0.289 e. The molecule has 152 valence electrons. The summed E-state index contributed by atoms with van der Waals surface area (Å²) < 4.78 is 25.4. The lowest BCUT2D eigenvalue weighted by molar-refractivity contribution is 0.286. The summed E-state index contributed by atoms with van der Waals surface area (Å²) in [6, 6.07) is 9.58. The predicted octanol–water partition coefficient (Wildman–Crippen LogP) is 4.34. The third kappa shape index (κ3) is 5.32. The number of aromatic nitrogens is 3. The zero-order chi connectivity index (χ0) is 21.0. The van der Waals surface area contributed by atoms with Gasteiger partial charge in [-0.15, -0.1) is 0 Å². The molecule has 3 rings (SSSR count). The number of hydrogen-bond donors (Lipinski definition) is 0. The number of ether oxygens (including phenoxy) is 2. The third-order valence-corrected chi connectivity index (χ3v) is 4.36. The van der Waals surface area contributed by atoms with E-state index in [-0.39, 0.29) is 29.8 Å². The van der Waals surface area contributed by atoms with Crippen molar-refractivity contribution in [1.82, 2.24) is 14.8 Å². The molecule has 3 aromatic rings.